The summed E-state index contributed by atoms with van der Waals surface area (Å²) in [6, 6.07) is 0.962. The molecular weight excluding hydrogens is 290 g/mol. The average molecular weight is 307 g/mol. The van der Waals surface area contributed by atoms with Crippen LogP contribution in [0.25, 0.3) is 0 Å². The van der Waals surface area contributed by atoms with Crippen LogP contribution in [0.1, 0.15) is 18.5 Å². The van der Waals surface area contributed by atoms with Gasteiger partial charge < -0.3 is 9.64 Å². The lowest BCUT2D eigenvalue weighted by Crippen LogP contribution is -2.44. The fourth-order valence-corrected chi connectivity index (χ4v) is 2.26. The van der Waals surface area contributed by atoms with Crippen molar-refractivity contribution in [3.63, 3.8) is 0 Å². The number of likely N-dealkylation sites (N-methyl/N-ethyl adjacent to an activating group) is 1. The molecule has 1 amide bonds. The van der Waals surface area contributed by atoms with Crippen LogP contribution < -0.4 is 0 Å². The van der Waals surface area contributed by atoms with Gasteiger partial charge in [0.05, 0.1) is 11.2 Å². The van der Waals surface area contributed by atoms with Gasteiger partial charge in [-0.2, -0.15) is 5.26 Å². The highest BCUT2D eigenvalue weighted by atomic mass is 32.1. The van der Waals surface area contributed by atoms with Crippen LogP contribution in [-0.4, -0.2) is 41.5 Å². The number of carbonyl (C=O) groups excluding carboxylic acids is 2. The van der Waals surface area contributed by atoms with Gasteiger partial charge in [0, 0.05) is 25.3 Å². The van der Waals surface area contributed by atoms with E-state index in [4.69, 9.17) is 10.00 Å². The van der Waals surface area contributed by atoms with Crippen molar-refractivity contribution in [1.29, 1.82) is 5.26 Å². The van der Waals surface area contributed by atoms with Gasteiger partial charge in [0.15, 0.2) is 6.61 Å². The minimum Gasteiger partial charge on any atom is -0.449 e. The number of thiazole rings is 1. The molecule has 0 aliphatic rings. The summed E-state index contributed by atoms with van der Waals surface area (Å²) in [5.41, 5.74) is 2.37. The van der Waals surface area contributed by atoms with E-state index in [1.807, 2.05) is 5.38 Å². The molecule has 0 saturated carbocycles. The Hall–Kier alpha value is -2.20. The monoisotopic (exact) mass is 307 g/mol. The smallest absolute Gasteiger partial charge is 0.330 e. The second-order valence-electron chi connectivity index (χ2n) is 4.30. The van der Waals surface area contributed by atoms with Crippen molar-refractivity contribution in [2.45, 2.75) is 25.3 Å². The van der Waals surface area contributed by atoms with Gasteiger partial charge in [-0.15, -0.1) is 17.9 Å². The largest absolute Gasteiger partial charge is 0.449 e. The Morgan fingerprint density at radius 1 is 1.67 bits per heavy atom. The molecule has 112 valence electrons. The predicted molar refractivity (Wildman–Crippen MR) is 78.4 cm³/mol. The first-order valence-corrected chi connectivity index (χ1v) is 7.31. The number of ether oxygens (including phenoxy) is 1. The molecule has 0 unspecified atom stereocenters. The van der Waals surface area contributed by atoms with Gasteiger partial charge in [-0.3, -0.25) is 4.79 Å². The van der Waals surface area contributed by atoms with E-state index in [1.54, 1.807) is 24.7 Å². The van der Waals surface area contributed by atoms with Crippen LogP contribution in [0.4, 0.5) is 0 Å². The molecule has 0 aliphatic heterocycles. The SMILES string of the molecule is C=CCCC(=O)N(C)[C@@H](Cc1cscn1)C(=O)OCC#N. The fourth-order valence-electron chi connectivity index (χ4n) is 1.69. The van der Waals surface area contributed by atoms with Crippen LogP contribution in [0, 0.1) is 11.3 Å². The highest BCUT2D eigenvalue weighted by molar-refractivity contribution is 7.07. The van der Waals surface area contributed by atoms with Gasteiger partial charge in [0.2, 0.25) is 5.91 Å². The molecule has 0 bridgehead atoms. The number of hydrogen-bond donors (Lipinski definition) is 0. The van der Waals surface area contributed by atoms with Gasteiger partial charge in [-0.05, 0) is 6.42 Å². The molecule has 6 nitrogen and oxygen atoms in total. The molecule has 0 saturated heterocycles. The fraction of sp³-hybridized carbons (Fsp3) is 0.429. The standard InChI is InChI=1S/C14H17N3O3S/c1-3-4-5-13(18)17(2)12(14(19)20-7-6-15)8-11-9-21-10-16-11/h3,9-10,12H,1,4-5,7-8H2,2H3/t12-/m0/s1. The maximum atomic E-state index is 12.0. The number of esters is 1. The van der Waals surface area contributed by atoms with E-state index in [2.05, 4.69) is 11.6 Å². The summed E-state index contributed by atoms with van der Waals surface area (Å²) in [6.45, 7) is 3.23. The van der Waals surface area contributed by atoms with Crippen LogP contribution >= 0.6 is 11.3 Å². The summed E-state index contributed by atoms with van der Waals surface area (Å²) in [4.78, 5) is 29.5. The topological polar surface area (TPSA) is 83.3 Å². The summed E-state index contributed by atoms with van der Waals surface area (Å²) >= 11 is 1.41. The van der Waals surface area contributed by atoms with E-state index in [9.17, 15) is 9.59 Å². The molecular formula is C14H17N3O3S. The van der Waals surface area contributed by atoms with Crippen molar-refractivity contribution in [2.24, 2.45) is 0 Å². The van der Waals surface area contributed by atoms with Gasteiger partial charge in [0.25, 0.3) is 0 Å². The molecule has 7 heteroatoms. The maximum Gasteiger partial charge on any atom is 0.330 e. The van der Waals surface area contributed by atoms with E-state index in [1.165, 1.54) is 16.2 Å². The van der Waals surface area contributed by atoms with Gasteiger partial charge in [0.1, 0.15) is 12.1 Å². The number of carbonyl (C=O) groups is 2. The summed E-state index contributed by atoms with van der Waals surface area (Å²) in [5.74, 6) is -0.775. The molecule has 21 heavy (non-hydrogen) atoms. The number of hydrogen-bond acceptors (Lipinski definition) is 6. The van der Waals surface area contributed by atoms with Crippen molar-refractivity contribution in [3.8, 4) is 6.07 Å². The van der Waals surface area contributed by atoms with Crippen molar-refractivity contribution in [2.75, 3.05) is 13.7 Å². The van der Waals surface area contributed by atoms with Gasteiger partial charge in [-0.25, -0.2) is 9.78 Å². The van der Waals surface area contributed by atoms with E-state index in [0.717, 1.165) is 0 Å². The Morgan fingerprint density at radius 2 is 2.43 bits per heavy atom. The second-order valence-corrected chi connectivity index (χ2v) is 5.02. The normalized spacial score (nSPS) is 11.2. The summed E-state index contributed by atoms with van der Waals surface area (Å²) in [5, 5.41) is 10.3. The molecule has 0 radical (unpaired) electrons. The zero-order valence-corrected chi connectivity index (χ0v) is 12.6. The Morgan fingerprint density at radius 3 is 3.00 bits per heavy atom. The first-order chi connectivity index (χ1) is 10.1. The van der Waals surface area contributed by atoms with E-state index in [-0.39, 0.29) is 25.4 Å². The molecule has 0 aliphatic carbocycles. The molecule has 1 aromatic heterocycles. The summed E-state index contributed by atoms with van der Waals surface area (Å²) in [6.07, 6.45) is 2.73. The third kappa shape index (κ3) is 5.36. The Kier molecular flexibility index (Phi) is 7.12. The number of nitriles is 1. The lowest BCUT2D eigenvalue weighted by Gasteiger charge is -2.25. The zero-order chi connectivity index (χ0) is 15.7. The van der Waals surface area contributed by atoms with E-state index < -0.39 is 12.0 Å². The Labute approximate surface area is 127 Å². The molecule has 0 spiro atoms. The highest BCUT2D eigenvalue weighted by Crippen LogP contribution is 2.12. The highest BCUT2D eigenvalue weighted by Gasteiger charge is 2.28. The molecule has 1 rings (SSSR count). The number of amides is 1. The lowest BCUT2D eigenvalue weighted by atomic mass is 10.1. The van der Waals surface area contributed by atoms with Crippen molar-refractivity contribution < 1.29 is 14.3 Å². The first-order valence-electron chi connectivity index (χ1n) is 6.37. The van der Waals surface area contributed by atoms with Gasteiger partial charge in [-0.1, -0.05) is 6.08 Å². The molecule has 1 heterocycles. The number of nitrogens with zero attached hydrogens (tertiary/aromatic N) is 3. The molecule has 0 fully saturated rings. The number of allylic oxidation sites excluding steroid dienone is 1. The maximum absolute atomic E-state index is 12.0. The summed E-state index contributed by atoms with van der Waals surface area (Å²) < 4.78 is 4.84. The molecule has 0 N–H and O–H groups in total. The summed E-state index contributed by atoms with van der Waals surface area (Å²) in [7, 11) is 1.55. The third-order valence-corrected chi connectivity index (χ3v) is 3.50. The van der Waals surface area contributed by atoms with E-state index >= 15 is 0 Å². The van der Waals surface area contributed by atoms with Crippen LogP contribution in [0.3, 0.4) is 0 Å². The molecule has 1 atom stereocenters. The van der Waals surface area contributed by atoms with Gasteiger partial charge >= 0.3 is 5.97 Å². The predicted octanol–water partition coefficient (Wildman–Crippen LogP) is 1.55. The number of aromatic nitrogens is 1. The second kappa shape index (κ2) is 8.87. The Balaban J connectivity index is 2.79. The average Bonchev–Trinajstić information content (AvgIpc) is 3.00. The minimum absolute atomic E-state index is 0.177. The van der Waals surface area contributed by atoms with Crippen molar-refractivity contribution >= 4 is 23.2 Å². The van der Waals surface area contributed by atoms with Crippen LogP contribution in [0.2, 0.25) is 0 Å². The van der Waals surface area contributed by atoms with Crippen molar-refractivity contribution in [1.82, 2.24) is 9.88 Å². The lowest BCUT2D eigenvalue weighted by molar-refractivity contribution is -0.153. The third-order valence-electron chi connectivity index (χ3n) is 2.86. The molecule has 0 aromatic carbocycles. The zero-order valence-electron chi connectivity index (χ0n) is 11.8. The number of rotatable bonds is 8. The van der Waals surface area contributed by atoms with Crippen LogP contribution in [-0.2, 0) is 20.7 Å². The first kappa shape index (κ1) is 16.9. The van der Waals surface area contributed by atoms with Crippen LogP contribution in [0.15, 0.2) is 23.5 Å². The van der Waals surface area contributed by atoms with Crippen molar-refractivity contribution in [3.05, 3.63) is 29.2 Å². The van der Waals surface area contributed by atoms with E-state index in [0.29, 0.717) is 12.1 Å². The minimum atomic E-state index is -0.780. The van der Waals surface area contributed by atoms with Crippen LogP contribution in [0.5, 0.6) is 0 Å². The Bertz CT molecular complexity index is 522. The quantitative estimate of drug-likeness (QED) is 0.537. The molecule has 1 aromatic rings.